The Morgan fingerprint density at radius 3 is 2.60 bits per heavy atom. The van der Waals surface area contributed by atoms with E-state index in [0.29, 0.717) is 18.0 Å². The number of piperidine rings is 1. The minimum absolute atomic E-state index is 0.533. The summed E-state index contributed by atoms with van der Waals surface area (Å²) in [6.07, 6.45) is 12.0. The molecule has 0 amide bonds. The lowest BCUT2D eigenvalue weighted by atomic mass is 9.87. The van der Waals surface area contributed by atoms with Crippen molar-refractivity contribution in [3.63, 3.8) is 0 Å². The molecule has 0 saturated carbocycles. The van der Waals surface area contributed by atoms with Gasteiger partial charge in [0.05, 0.1) is 0 Å². The van der Waals surface area contributed by atoms with Gasteiger partial charge in [0, 0.05) is 36.2 Å². The maximum atomic E-state index is 6.13. The van der Waals surface area contributed by atoms with Crippen molar-refractivity contribution in [3.8, 4) is 11.5 Å². The van der Waals surface area contributed by atoms with Gasteiger partial charge in [-0.15, -0.1) is 0 Å². The molecule has 0 spiro atoms. The molecule has 2 fully saturated rings. The number of pyridine rings is 1. The van der Waals surface area contributed by atoms with Crippen molar-refractivity contribution in [1.82, 2.24) is 34.5 Å². The Balaban J connectivity index is 1.16. The van der Waals surface area contributed by atoms with Crippen molar-refractivity contribution < 1.29 is 4.74 Å². The number of hydrogen-bond donors (Lipinski definition) is 2. The van der Waals surface area contributed by atoms with Gasteiger partial charge in [-0.3, -0.25) is 0 Å². The van der Waals surface area contributed by atoms with Crippen LogP contribution in [0.25, 0.3) is 11.2 Å². The second kappa shape index (κ2) is 8.06. The summed E-state index contributed by atoms with van der Waals surface area (Å²) in [5, 5.41) is 15.9. The van der Waals surface area contributed by atoms with Crippen molar-refractivity contribution in [2.24, 2.45) is 0 Å². The number of ether oxygens (including phenoxy) is 1. The molecule has 2 bridgehead atoms. The fourth-order valence-electron chi connectivity index (χ4n) is 5.68. The molecule has 2 N–H and O–H groups in total. The van der Waals surface area contributed by atoms with Gasteiger partial charge in [0.25, 0.3) is 0 Å². The lowest BCUT2D eigenvalue weighted by molar-refractivity contribution is 0.364. The van der Waals surface area contributed by atoms with Crippen LogP contribution in [0.5, 0.6) is 11.5 Å². The van der Waals surface area contributed by atoms with E-state index >= 15 is 0 Å². The molecule has 2 saturated heterocycles. The van der Waals surface area contributed by atoms with Gasteiger partial charge in [0.1, 0.15) is 29.7 Å². The summed E-state index contributed by atoms with van der Waals surface area (Å²) in [7, 11) is 0. The van der Waals surface area contributed by atoms with Gasteiger partial charge in [0.15, 0.2) is 11.5 Å². The fraction of sp³-hybridized carbons (Fsp3) is 0.308. The van der Waals surface area contributed by atoms with Gasteiger partial charge < -0.3 is 15.4 Å². The maximum Gasteiger partial charge on any atom is 0.158 e. The van der Waals surface area contributed by atoms with E-state index < -0.39 is 0 Å². The Labute approximate surface area is 202 Å². The summed E-state index contributed by atoms with van der Waals surface area (Å²) in [4.78, 5) is 8.84. The van der Waals surface area contributed by atoms with Gasteiger partial charge in [-0.25, -0.2) is 19.0 Å². The Morgan fingerprint density at radius 1 is 0.943 bits per heavy atom. The van der Waals surface area contributed by atoms with Crippen LogP contribution in [-0.4, -0.2) is 41.3 Å². The number of aromatic nitrogens is 6. The zero-order chi connectivity index (χ0) is 23.4. The predicted molar refractivity (Wildman–Crippen MR) is 132 cm³/mol. The van der Waals surface area contributed by atoms with Gasteiger partial charge in [-0.1, -0.05) is 0 Å². The van der Waals surface area contributed by atoms with Crippen molar-refractivity contribution in [1.29, 1.82) is 0 Å². The molecule has 176 valence electrons. The van der Waals surface area contributed by atoms with Crippen LogP contribution in [0.1, 0.15) is 42.7 Å². The fourth-order valence-corrected chi connectivity index (χ4v) is 5.68. The molecule has 5 aromatic rings. The summed E-state index contributed by atoms with van der Waals surface area (Å²) in [5.41, 5.74) is 5.13. The first kappa shape index (κ1) is 20.4. The zero-order valence-electron chi connectivity index (χ0n) is 19.4. The van der Waals surface area contributed by atoms with Crippen molar-refractivity contribution in [2.75, 3.05) is 5.32 Å². The van der Waals surface area contributed by atoms with Crippen LogP contribution in [0.15, 0.2) is 61.4 Å². The van der Waals surface area contributed by atoms with E-state index in [0.717, 1.165) is 39.7 Å². The number of fused-ring (bicyclic) bond motifs is 4. The highest BCUT2D eigenvalue weighted by molar-refractivity contribution is 5.77. The maximum absolute atomic E-state index is 6.13. The highest BCUT2D eigenvalue weighted by atomic mass is 16.5. The molecular formula is C26H26N8O. The molecule has 9 nitrogen and oxygen atoms in total. The molecule has 7 rings (SSSR count). The Morgan fingerprint density at radius 2 is 1.74 bits per heavy atom. The van der Waals surface area contributed by atoms with Gasteiger partial charge in [0.2, 0.25) is 0 Å². The standard InChI is InChI=1S/C26H26N8O/c1-16-10-18(4-5-23(16)35-21-6-8-33-24(13-21)27-14-29-33)32-26-25-22(7-9-34(25)30-15-28-26)17-11-19-2-3-20(12-17)31-19/h4-10,13-15,17,19-20,31H,2-3,11-12H2,1H3,(H,28,30,32). The third kappa shape index (κ3) is 3.68. The summed E-state index contributed by atoms with van der Waals surface area (Å²) in [6.45, 7) is 2.04. The van der Waals surface area contributed by atoms with E-state index in [-0.39, 0.29) is 0 Å². The number of aryl methyl sites for hydroxylation is 1. The summed E-state index contributed by atoms with van der Waals surface area (Å²) >= 11 is 0. The number of hydrogen-bond acceptors (Lipinski definition) is 7. The molecule has 0 aliphatic carbocycles. The van der Waals surface area contributed by atoms with E-state index in [2.05, 4.69) is 49.1 Å². The van der Waals surface area contributed by atoms with Crippen LogP contribution in [-0.2, 0) is 0 Å². The number of nitrogens with one attached hydrogen (secondary N) is 2. The van der Waals surface area contributed by atoms with Crippen LogP contribution >= 0.6 is 0 Å². The van der Waals surface area contributed by atoms with E-state index in [1.807, 2.05) is 41.9 Å². The normalized spacial score (nSPS) is 21.6. The molecule has 9 heteroatoms. The number of benzene rings is 1. The summed E-state index contributed by atoms with van der Waals surface area (Å²) in [6, 6.07) is 13.3. The second-order valence-corrected chi connectivity index (χ2v) is 9.61. The number of rotatable bonds is 5. The lowest BCUT2D eigenvalue weighted by Gasteiger charge is -2.29. The molecule has 2 aliphatic rings. The summed E-state index contributed by atoms with van der Waals surface area (Å²) < 4.78 is 9.78. The monoisotopic (exact) mass is 466 g/mol. The SMILES string of the molecule is Cc1cc(Nc2ncnn3ccc(C4CC5CCC(C4)N5)c23)ccc1Oc1ccn2ncnc2c1. The average molecular weight is 467 g/mol. The lowest BCUT2D eigenvalue weighted by Crippen LogP contribution is -2.37. The minimum atomic E-state index is 0.533. The van der Waals surface area contributed by atoms with Gasteiger partial charge in [-0.05, 0) is 80.0 Å². The first-order valence-corrected chi connectivity index (χ1v) is 12.1. The number of nitrogens with zero attached hydrogens (tertiary/aromatic N) is 6. The first-order valence-electron chi connectivity index (χ1n) is 12.1. The molecule has 2 atom stereocenters. The van der Waals surface area contributed by atoms with Crippen LogP contribution in [0.2, 0.25) is 0 Å². The highest BCUT2D eigenvalue weighted by Crippen LogP contribution is 2.40. The molecule has 4 aromatic heterocycles. The Hall–Kier alpha value is -3.98. The van der Waals surface area contributed by atoms with Crippen LogP contribution in [0, 0.1) is 6.92 Å². The highest BCUT2D eigenvalue weighted by Gasteiger charge is 2.35. The quantitative estimate of drug-likeness (QED) is 0.391. The predicted octanol–water partition coefficient (Wildman–Crippen LogP) is 4.61. The van der Waals surface area contributed by atoms with Crippen molar-refractivity contribution in [3.05, 3.63) is 72.6 Å². The van der Waals surface area contributed by atoms with Crippen LogP contribution in [0.4, 0.5) is 11.5 Å². The van der Waals surface area contributed by atoms with Crippen LogP contribution < -0.4 is 15.4 Å². The van der Waals surface area contributed by atoms with Crippen LogP contribution in [0.3, 0.4) is 0 Å². The Kier molecular flexibility index (Phi) is 4.70. The average Bonchev–Trinajstić information content (AvgIpc) is 3.59. The van der Waals surface area contributed by atoms with E-state index in [4.69, 9.17) is 4.74 Å². The molecular weight excluding hydrogens is 440 g/mol. The minimum Gasteiger partial charge on any atom is -0.457 e. The molecule has 35 heavy (non-hydrogen) atoms. The van der Waals surface area contributed by atoms with Gasteiger partial charge >= 0.3 is 0 Å². The second-order valence-electron chi connectivity index (χ2n) is 9.61. The van der Waals surface area contributed by atoms with Gasteiger partial charge in [-0.2, -0.15) is 10.2 Å². The molecule has 0 radical (unpaired) electrons. The third-order valence-corrected chi connectivity index (χ3v) is 7.32. The van der Waals surface area contributed by atoms with E-state index in [1.54, 1.807) is 10.8 Å². The van der Waals surface area contributed by atoms with E-state index in [9.17, 15) is 0 Å². The van der Waals surface area contributed by atoms with E-state index in [1.165, 1.54) is 37.6 Å². The Bertz CT molecular complexity index is 1530. The largest absolute Gasteiger partial charge is 0.457 e. The molecule has 2 unspecified atom stereocenters. The molecule has 1 aromatic carbocycles. The molecule has 2 aliphatic heterocycles. The topological polar surface area (TPSA) is 93.7 Å². The first-order chi connectivity index (χ1) is 17.2. The third-order valence-electron chi connectivity index (χ3n) is 7.32. The van der Waals surface area contributed by atoms with Crippen molar-refractivity contribution in [2.45, 2.75) is 50.6 Å². The van der Waals surface area contributed by atoms with Crippen molar-refractivity contribution >= 4 is 22.7 Å². The number of anilines is 2. The zero-order valence-corrected chi connectivity index (χ0v) is 19.4. The molecule has 6 heterocycles. The summed E-state index contributed by atoms with van der Waals surface area (Å²) in [5.74, 6) is 2.88. The smallest absolute Gasteiger partial charge is 0.158 e.